The van der Waals surface area contributed by atoms with Crippen molar-refractivity contribution < 1.29 is 28.5 Å². The van der Waals surface area contributed by atoms with Crippen LogP contribution >= 0.6 is 0 Å². The zero-order valence-electron chi connectivity index (χ0n) is 18.6. The number of rotatable bonds is 9. The summed E-state index contributed by atoms with van der Waals surface area (Å²) in [6.07, 6.45) is 0. The minimum Gasteiger partial charge on any atom is -0.493 e. The molecule has 0 atom stereocenters. The van der Waals surface area contributed by atoms with Crippen molar-refractivity contribution in [2.24, 2.45) is 0 Å². The molecule has 2 aromatic carbocycles. The molecule has 1 aliphatic rings. The minimum atomic E-state index is -0.430. The average Bonchev–Trinajstić information content (AvgIpc) is 2.83. The summed E-state index contributed by atoms with van der Waals surface area (Å²) in [5.74, 6) is 0.352. The first-order chi connectivity index (χ1) is 15.5. The molecule has 0 spiro atoms. The standard InChI is InChI=1S/C23H29N3O6/c1-29-19-12-17(13-20(30-2)22(19)31-3)23(28)24-14-21(27)25-18-6-4-16(5-7-18)15-26-8-10-32-11-9-26/h4-7,12-13H,8-11,14-15H2,1-3H3,(H,24,28)(H,25,27). The van der Waals surface area contributed by atoms with Gasteiger partial charge in [0.05, 0.1) is 41.1 Å². The Kier molecular flexibility index (Phi) is 8.29. The van der Waals surface area contributed by atoms with Crippen molar-refractivity contribution in [2.75, 3.05) is 59.5 Å². The zero-order chi connectivity index (χ0) is 22.9. The third-order valence-corrected chi connectivity index (χ3v) is 5.08. The second kappa shape index (κ2) is 11.4. The topological polar surface area (TPSA) is 98.4 Å². The number of nitrogens with one attached hydrogen (secondary N) is 2. The van der Waals surface area contributed by atoms with Gasteiger partial charge < -0.3 is 29.6 Å². The third-order valence-electron chi connectivity index (χ3n) is 5.08. The number of benzene rings is 2. The molecule has 2 amide bonds. The molecule has 1 fully saturated rings. The van der Waals surface area contributed by atoms with Crippen molar-refractivity contribution in [1.82, 2.24) is 10.2 Å². The van der Waals surface area contributed by atoms with Gasteiger partial charge in [0.25, 0.3) is 5.91 Å². The summed E-state index contributed by atoms with van der Waals surface area (Å²) < 4.78 is 21.1. The fourth-order valence-electron chi connectivity index (χ4n) is 3.39. The van der Waals surface area contributed by atoms with Gasteiger partial charge in [0, 0.05) is 30.9 Å². The van der Waals surface area contributed by atoms with Crippen LogP contribution < -0.4 is 24.8 Å². The lowest BCUT2D eigenvalue weighted by Gasteiger charge is -2.26. The van der Waals surface area contributed by atoms with E-state index in [0.29, 0.717) is 28.5 Å². The first kappa shape index (κ1) is 23.4. The van der Waals surface area contributed by atoms with Crippen LogP contribution in [0.15, 0.2) is 36.4 Å². The molecule has 2 aromatic rings. The first-order valence-electron chi connectivity index (χ1n) is 10.3. The van der Waals surface area contributed by atoms with Crippen molar-refractivity contribution in [3.05, 3.63) is 47.5 Å². The highest BCUT2D eigenvalue weighted by molar-refractivity contribution is 6.00. The van der Waals surface area contributed by atoms with E-state index in [0.717, 1.165) is 32.8 Å². The van der Waals surface area contributed by atoms with Gasteiger partial charge in [0.2, 0.25) is 11.7 Å². The summed E-state index contributed by atoms with van der Waals surface area (Å²) in [5.41, 5.74) is 2.13. The van der Waals surface area contributed by atoms with Crippen LogP contribution in [0.25, 0.3) is 0 Å². The van der Waals surface area contributed by atoms with Gasteiger partial charge in [-0.25, -0.2) is 0 Å². The van der Waals surface area contributed by atoms with Crippen molar-refractivity contribution >= 4 is 17.5 Å². The van der Waals surface area contributed by atoms with Crippen LogP contribution in [0, 0.1) is 0 Å². The van der Waals surface area contributed by atoms with E-state index in [2.05, 4.69) is 15.5 Å². The molecule has 1 saturated heterocycles. The Labute approximate surface area is 187 Å². The summed E-state index contributed by atoms with van der Waals surface area (Å²) in [5, 5.41) is 5.39. The van der Waals surface area contributed by atoms with E-state index in [1.54, 1.807) is 0 Å². The van der Waals surface area contributed by atoms with Crippen LogP contribution in [-0.4, -0.2) is 70.9 Å². The Bertz CT molecular complexity index is 901. The van der Waals surface area contributed by atoms with Crippen LogP contribution in [0.2, 0.25) is 0 Å². The van der Waals surface area contributed by atoms with Gasteiger partial charge in [-0.1, -0.05) is 12.1 Å². The van der Waals surface area contributed by atoms with E-state index in [9.17, 15) is 9.59 Å². The minimum absolute atomic E-state index is 0.176. The maximum Gasteiger partial charge on any atom is 0.251 e. The fourth-order valence-corrected chi connectivity index (χ4v) is 3.39. The molecule has 0 aromatic heterocycles. The quantitative estimate of drug-likeness (QED) is 0.611. The number of amides is 2. The number of ether oxygens (including phenoxy) is 4. The molecule has 172 valence electrons. The van der Waals surface area contributed by atoms with Crippen LogP contribution in [0.3, 0.4) is 0 Å². The Hall–Kier alpha value is -3.30. The molecule has 1 aliphatic heterocycles. The van der Waals surface area contributed by atoms with Crippen molar-refractivity contribution in [2.45, 2.75) is 6.54 Å². The molecule has 0 bridgehead atoms. The highest BCUT2D eigenvalue weighted by Crippen LogP contribution is 2.38. The Morgan fingerprint density at radius 3 is 2.16 bits per heavy atom. The summed E-state index contributed by atoms with van der Waals surface area (Å²) in [7, 11) is 4.43. The molecule has 32 heavy (non-hydrogen) atoms. The molecule has 9 heteroatoms. The normalized spacial score (nSPS) is 13.8. The van der Waals surface area contributed by atoms with Gasteiger partial charge in [-0.05, 0) is 29.8 Å². The number of hydrogen-bond donors (Lipinski definition) is 2. The Balaban J connectivity index is 1.52. The number of anilines is 1. The molecule has 0 unspecified atom stereocenters. The van der Waals surface area contributed by atoms with Crippen molar-refractivity contribution in [1.29, 1.82) is 0 Å². The fraction of sp³-hybridized carbons (Fsp3) is 0.391. The first-order valence-corrected chi connectivity index (χ1v) is 10.3. The molecule has 3 rings (SSSR count). The van der Waals surface area contributed by atoms with Gasteiger partial charge in [-0.15, -0.1) is 0 Å². The van der Waals surface area contributed by atoms with E-state index in [4.69, 9.17) is 18.9 Å². The number of hydrogen-bond acceptors (Lipinski definition) is 7. The monoisotopic (exact) mass is 443 g/mol. The molecule has 1 heterocycles. The van der Waals surface area contributed by atoms with Crippen molar-refractivity contribution in [3.63, 3.8) is 0 Å². The summed E-state index contributed by atoms with van der Waals surface area (Å²) in [6.45, 7) is 4.04. The lowest BCUT2D eigenvalue weighted by molar-refractivity contribution is -0.115. The predicted octanol–water partition coefficient (Wildman–Crippen LogP) is 1.91. The maximum absolute atomic E-state index is 12.5. The van der Waals surface area contributed by atoms with Crippen LogP contribution in [0.4, 0.5) is 5.69 Å². The van der Waals surface area contributed by atoms with Gasteiger partial charge in [-0.3, -0.25) is 14.5 Å². The lowest BCUT2D eigenvalue weighted by Crippen LogP contribution is -2.35. The predicted molar refractivity (Wildman–Crippen MR) is 120 cm³/mol. The molecule has 0 radical (unpaired) electrons. The largest absolute Gasteiger partial charge is 0.493 e. The maximum atomic E-state index is 12.5. The zero-order valence-corrected chi connectivity index (χ0v) is 18.6. The second-order valence-electron chi connectivity index (χ2n) is 7.23. The molecule has 2 N–H and O–H groups in total. The number of nitrogens with zero attached hydrogens (tertiary/aromatic N) is 1. The van der Waals surface area contributed by atoms with Gasteiger partial charge in [-0.2, -0.15) is 0 Å². The molecule has 0 saturated carbocycles. The van der Waals surface area contributed by atoms with E-state index in [1.807, 2.05) is 24.3 Å². The second-order valence-corrected chi connectivity index (χ2v) is 7.23. The molecular formula is C23H29N3O6. The van der Waals surface area contributed by atoms with Gasteiger partial charge >= 0.3 is 0 Å². The number of morpholine rings is 1. The van der Waals surface area contributed by atoms with Crippen molar-refractivity contribution in [3.8, 4) is 17.2 Å². The van der Waals surface area contributed by atoms with E-state index in [-0.39, 0.29) is 12.5 Å². The number of carbonyl (C=O) groups excluding carboxylic acids is 2. The smallest absolute Gasteiger partial charge is 0.251 e. The summed E-state index contributed by atoms with van der Waals surface area (Å²) >= 11 is 0. The molecular weight excluding hydrogens is 414 g/mol. The van der Waals surface area contributed by atoms with Crippen LogP contribution in [0.1, 0.15) is 15.9 Å². The third kappa shape index (κ3) is 6.12. The van der Waals surface area contributed by atoms with Gasteiger partial charge in [0.15, 0.2) is 11.5 Å². The average molecular weight is 444 g/mol. The highest BCUT2D eigenvalue weighted by atomic mass is 16.5. The van der Waals surface area contributed by atoms with Crippen LogP contribution in [0.5, 0.6) is 17.2 Å². The highest BCUT2D eigenvalue weighted by Gasteiger charge is 2.17. The van der Waals surface area contributed by atoms with E-state index < -0.39 is 5.91 Å². The van der Waals surface area contributed by atoms with E-state index in [1.165, 1.54) is 39.0 Å². The Morgan fingerprint density at radius 2 is 1.59 bits per heavy atom. The molecule has 9 nitrogen and oxygen atoms in total. The summed E-state index contributed by atoms with van der Waals surface area (Å²) in [6, 6.07) is 10.7. The van der Waals surface area contributed by atoms with Gasteiger partial charge in [0.1, 0.15) is 0 Å². The Morgan fingerprint density at radius 1 is 0.969 bits per heavy atom. The van der Waals surface area contributed by atoms with E-state index >= 15 is 0 Å². The van der Waals surface area contributed by atoms with Crippen LogP contribution in [-0.2, 0) is 16.1 Å². The SMILES string of the molecule is COc1cc(C(=O)NCC(=O)Nc2ccc(CN3CCOCC3)cc2)cc(OC)c1OC. The lowest BCUT2D eigenvalue weighted by atomic mass is 10.1. The number of methoxy groups -OCH3 is 3. The summed E-state index contributed by atoms with van der Waals surface area (Å²) in [4.78, 5) is 27.1. The number of carbonyl (C=O) groups is 2. The molecule has 0 aliphatic carbocycles.